The molecule has 0 aliphatic carbocycles. The van der Waals surface area contributed by atoms with Crippen LogP contribution >= 0.6 is 0 Å². The van der Waals surface area contributed by atoms with Crippen LogP contribution in [0, 0.1) is 0 Å². The number of hydrogen-bond acceptors (Lipinski definition) is 5. The maximum Gasteiger partial charge on any atom is 0.313 e. The lowest BCUT2D eigenvalue weighted by atomic mass is 9.98. The SMILES string of the molecule is CO[C@@H]1O[C@H](C)CC(N(C)C)[C@H]1OC(=O)C(C)c1ccccc1. The molecule has 0 amide bonds. The van der Waals surface area contributed by atoms with Gasteiger partial charge >= 0.3 is 5.97 Å². The second kappa shape index (κ2) is 7.90. The quantitative estimate of drug-likeness (QED) is 0.780. The van der Waals surface area contributed by atoms with Crippen LogP contribution in [0.15, 0.2) is 30.3 Å². The Kier molecular flexibility index (Phi) is 6.16. The predicted molar refractivity (Wildman–Crippen MR) is 88.2 cm³/mol. The summed E-state index contributed by atoms with van der Waals surface area (Å²) in [7, 11) is 5.55. The van der Waals surface area contributed by atoms with Crippen molar-refractivity contribution in [1.29, 1.82) is 0 Å². The molecule has 0 spiro atoms. The molecular weight excluding hydrogens is 294 g/mol. The summed E-state index contributed by atoms with van der Waals surface area (Å²) in [6.45, 7) is 3.86. The Balaban J connectivity index is 2.12. The normalized spacial score (nSPS) is 29.3. The maximum absolute atomic E-state index is 12.6. The minimum absolute atomic E-state index is 0.0637. The molecule has 1 aliphatic heterocycles. The number of carbonyl (C=O) groups is 1. The molecule has 23 heavy (non-hydrogen) atoms. The summed E-state index contributed by atoms with van der Waals surface area (Å²) in [6, 6.07) is 9.71. The molecule has 1 fully saturated rings. The number of benzene rings is 1. The van der Waals surface area contributed by atoms with E-state index in [1.165, 1.54) is 0 Å². The van der Waals surface area contributed by atoms with Crippen molar-refractivity contribution in [2.45, 2.75) is 50.7 Å². The van der Waals surface area contributed by atoms with Crippen LogP contribution < -0.4 is 0 Å². The van der Waals surface area contributed by atoms with Crippen molar-refractivity contribution in [2.24, 2.45) is 0 Å². The lowest BCUT2D eigenvalue weighted by Gasteiger charge is -2.42. The molecule has 1 heterocycles. The molecule has 5 heteroatoms. The number of carbonyl (C=O) groups excluding carboxylic acids is 1. The molecule has 5 atom stereocenters. The number of likely N-dealkylation sites (N-methyl/N-ethyl adjacent to an activating group) is 1. The first-order chi connectivity index (χ1) is 10.9. The first-order valence-corrected chi connectivity index (χ1v) is 8.04. The van der Waals surface area contributed by atoms with Gasteiger partial charge in [-0.2, -0.15) is 0 Å². The van der Waals surface area contributed by atoms with E-state index in [4.69, 9.17) is 14.2 Å². The molecule has 0 bridgehead atoms. The second-order valence-corrected chi connectivity index (χ2v) is 6.35. The van der Waals surface area contributed by atoms with E-state index < -0.39 is 12.4 Å². The summed E-state index contributed by atoms with van der Waals surface area (Å²) in [5.41, 5.74) is 0.943. The molecule has 5 nitrogen and oxygen atoms in total. The van der Waals surface area contributed by atoms with E-state index in [9.17, 15) is 4.79 Å². The number of rotatable bonds is 5. The zero-order chi connectivity index (χ0) is 17.0. The fraction of sp³-hybridized carbons (Fsp3) is 0.611. The summed E-state index contributed by atoms with van der Waals surface area (Å²) in [5, 5.41) is 0. The van der Waals surface area contributed by atoms with Crippen molar-refractivity contribution in [3.05, 3.63) is 35.9 Å². The molecule has 1 aromatic carbocycles. The molecule has 1 aromatic rings. The molecule has 128 valence electrons. The standard InChI is InChI=1S/C18H27NO4/c1-12-11-15(19(3)4)16(18(21-5)22-12)23-17(20)13(2)14-9-7-6-8-10-14/h6-10,12-13,15-16,18H,11H2,1-5H3/t12-,13?,15?,16-,18-/m1/s1. The van der Waals surface area contributed by atoms with Crippen molar-refractivity contribution in [3.8, 4) is 0 Å². The fourth-order valence-corrected chi connectivity index (χ4v) is 2.96. The van der Waals surface area contributed by atoms with Crippen molar-refractivity contribution in [1.82, 2.24) is 4.90 Å². The summed E-state index contributed by atoms with van der Waals surface area (Å²) >= 11 is 0. The van der Waals surface area contributed by atoms with E-state index in [1.54, 1.807) is 7.11 Å². The van der Waals surface area contributed by atoms with Crippen LogP contribution in [0.2, 0.25) is 0 Å². The molecule has 1 saturated heterocycles. The average Bonchev–Trinajstić information content (AvgIpc) is 2.55. The second-order valence-electron chi connectivity index (χ2n) is 6.35. The maximum atomic E-state index is 12.6. The number of ether oxygens (including phenoxy) is 3. The first kappa shape index (κ1) is 17.9. The smallest absolute Gasteiger partial charge is 0.313 e. The highest BCUT2D eigenvalue weighted by molar-refractivity contribution is 5.77. The highest BCUT2D eigenvalue weighted by Crippen LogP contribution is 2.28. The minimum atomic E-state index is -0.543. The third-order valence-corrected chi connectivity index (χ3v) is 4.39. The van der Waals surface area contributed by atoms with Gasteiger partial charge in [-0.1, -0.05) is 30.3 Å². The predicted octanol–water partition coefficient (Wildman–Crippen LogP) is 2.41. The van der Waals surface area contributed by atoms with E-state index in [0.717, 1.165) is 12.0 Å². The van der Waals surface area contributed by atoms with Crippen LogP contribution in [-0.4, -0.2) is 56.6 Å². The highest BCUT2D eigenvalue weighted by atomic mass is 16.7. The third-order valence-electron chi connectivity index (χ3n) is 4.39. The number of methoxy groups -OCH3 is 1. The Labute approximate surface area is 138 Å². The van der Waals surface area contributed by atoms with Crippen LogP contribution in [0.4, 0.5) is 0 Å². The zero-order valence-corrected chi connectivity index (χ0v) is 14.6. The van der Waals surface area contributed by atoms with Crippen molar-refractivity contribution < 1.29 is 19.0 Å². The van der Waals surface area contributed by atoms with E-state index in [1.807, 2.05) is 58.3 Å². The largest absolute Gasteiger partial charge is 0.455 e. The summed E-state index contributed by atoms with van der Waals surface area (Å²) in [6.07, 6.45) is -0.123. The van der Waals surface area contributed by atoms with Gasteiger partial charge in [-0.15, -0.1) is 0 Å². The van der Waals surface area contributed by atoms with E-state index in [0.29, 0.717) is 0 Å². The third kappa shape index (κ3) is 4.31. The van der Waals surface area contributed by atoms with Gasteiger partial charge in [0.25, 0.3) is 0 Å². The van der Waals surface area contributed by atoms with Crippen LogP contribution in [0.25, 0.3) is 0 Å². The number of esters is 1. The molecule has 0 radical (unpaired) electrons. The van der Waals surface area contributed by atoms with Crippen molar-refractivity contribution >= 4 is 5.97 Å². The first-order valence-electron chi connectivity index (χ1n) is 8.04. The van der Waals surface area contributed by atoms with Gasteiger partial charge in [0, 0.05) is 7.11 Å². The van der Waals surface area contributed by atoms with Crippen LogP contribution in [0.5, 0.6) is 0 Å². The van der Waals surface area contributed by atoms with E-state index in [-0.39, 0.29) is 24.0 Å². The minimum Gasteiger partial charge on any atom is -0.455 e. The Bertz CT molecular complexity index is 505. The van der Waals surface area contributed by atoms with Gasteiger partial charge in [-0.25, -0.2) is 0 Å². The Morgan fingerprint density at radius 2 is 1.96 bits per heavy atom. The molecule has 2 unspecified atom stereocenters. The van der Waals surface area contributed by atoms with Gasteiger partial charge in [0.2, 0.25) is 0 Å². The van der Waals surface area contributed by atoms with Crippen LogP contribution in [0.1, 0.15) is 31.7 Å². The van der Waals surface area contributed by atoms with Gasteiger partial charge in [0.15, 0.2) is 12.4 Å². The van der Waals surface area contributed by atoms with E-state index in [2.05, 4.69) is 4.90 Å². The molecule has 0 N–H and O–H groups in total. The monoisotopic (exact) mass is 321 g/mol. The molecule has 1 aliphatic rings. The summed E-state index contributed by atoms with van der Waals surface area (Å²) in [5.74, 6) is -0.580. The number of hydrogen-bond donors (Lipinski definition) is 0. The molecule has 0 aromatic heterocycles. The molecule has 2 rings (SSSR count). The lowest BCUT2D eigenvalue weighted by molar-refractivity contribution is -0.251. The van der Waals surface area contributed by atoms with Crippen molar-refractivity contribution in [3.63, 3.8) is 0 Å². The Morgan fingerprint density at radius 1 is 1.30 bits per heavy atom. The number of nitrogens with zero attached hydrogens (tertiary/aromatic N) is 1. The molecule has 0 saturated carbocycles. The van der Waals surface area contributed by atoms with Gasteiger partial charge < -0.3 is 19.1 Å². The van der Waals surface area contributed by atoms with Gasteiger partial charge in [0.1, 0.15) is 0 Å². The Morgan fingerprint density at radius 3 is 2.52 bits per heavy atom. The van der Waals surface area contributed by atoms with E-state index >= 15 is 0 Å². The summed E-state index contributed by atoms with van der Waals surface area (Å²) < 4.78 is 17.0. The fourth-order valence-electron chi connectivity index (χ4n) is 2.96. The van der Waals surface area contributed by atoms with Crippen molar-refractivity contribution in [2.75, 3.05) is 21.2 Å². The van der Waals surface area contributed by atoms with Gasteiger partial charge in [0.05, 0.1) is 18.1 Å². The highest BCUT2D eigenvalue weighted by Gasteiger charge is 2.42. The summed E-state index contributed by atoms with van der Waals surface area (Å²) in [4.78, 5) is 14.6. The average molecular weight is 321 g/mol. The van der Waals surface area contributed by atoms with Crippen LogP contribution in [-0.2, 0) is 19.0 Å². The van der Waals surface area contributed by atoms with Gasteiger partial charge in [-0.3, -0.25) is 4.79 Å². The Hall–Kier alpha value is -1.43. The lowest BCUT2D eigenvalue weighted by Crippen LogP contribution is -2.55. The topological polar surface area (TPSA) is 48.0 Å². The molecular formula is C18H27NO4. The zero-order valence-electron chi connectivity index (χ0n) is 14.6. The van der Waals surface area contributed by atoms with Gasteiger partial charge in [-0.05, 0) is 39.9 Å². The van der Waals surface area contributed by atoms with Crippen LogP contribution in [0.3, 0.4) is 0 Å².